The number of amides is 2. The van der Waals surface area contributed by atoms with E-state index in [9.17, 15) is 9.59 Å². The van der Waals surface area contributed by atoms with Crippen LogP contribution in [0.25, 0.3) is 0 Å². The molecular weight excluding hydrogens is 266 g/mol. The highest BCUT2D eigenvalue weighted by molar-refractivity contribution is 5.88. The smallest absolute Gasteiger partial charge is 0.221 e. The fraction of sp³-hybridized carbons (Fsp3) is 0.500. The van der Waals surface area contributed by atoms with E-state index in [2.05, 4.69) is 16.0 Å². The highest BCUT2D eigenvalue weighted by Crippen LogP contribution is 2.18. The molecule has 5 heteroatoms. The highest BCUT2D eigenvalue weighted by Gasteiger charge is 2.22. The van der Waals surface area contributed by atoms with Crippen LogP contribution in [0.3, 0.4) is 0 Å². The third-order valence-electron chi connectivity index (χ3n) is 3.30. The van der Waals surface area contributed by atoms with Gasteiger partial charge in [-0.3, -0.25) is 9.59 Å². The molecule has 2 amide bonds. The summed E-state index contributed by atoms with van der Waals surface area (Å²) in [4.78, 5) is 22.4. The van der Waals surface area contributed by atoms with Crippen molar-refractivity contribution < 1.29 is 9.59 Å². The van der Waals surface area contributed by atoms with Gasteiger partial charge in [-0.2, -0.15) is 0 Å². The van der Waals surface area contributed by atoms with Crippen LogP contribution in [0.4, 0.5) is 5.69 Å². The monoisotopic (exact) mass is 289 g/mol. The van der Waals surface area contributed by atoms with Crippen molar-refractivity contribution in [3.63, 3.8) is 0 Å². The van der Waals surface area contributed by atoms with Gasteiger partial charge in [-0.15, -0.1) is 0 Å². The number of benzene rings is 1. The molecule has 1 aromatic rings. The maximum Gasteiger partial charge on any atom is 0.221 e. The Labute approximate surface area is 125 Å². The highest BCUT2D eigenvalue weighted by atomic mass is 16.2. The van der Waals surface area contributed by atoms with Crippen LogP contribution in [-0.2, 0) is 16.1 Å². The summed E-state index contributed by atoms with van der Waals surface area (Å²) in [5, 5.41) is 9.04. The molecule has 0 bridgehead atoms. The minimum atomic E-state index is -0.0645. The van der Waals surface area contributed by atoms with E-state index < -0.39 is 0 Å². The summed E-state index contributed by atoms with van der Waals surface area (Å²) < 4.78 is 0. The van der Waals surface area contributed by atoms with E-state index in [4.69, 9.17) is 0 Å². The van der Waals surface area contributed by atoms with Crippen LogP contribution in [0.2, 0.25) is 0 Å². The Morgan fingerprint density at radius 1 is 1.19 bits per heavy atom. The zero-order chi connectivity index (χ0) is 15.1. The lowest BCUT2D eigenvalue weighted by molar-refractivity contribution is -0.121. The van der Waals surface area contributed by atoms with Gasteiger partial charge in [0.1, 0.15) is 0 Å². The van der Waals surface area contributed by atoms with E-state index in [-0.39, 0.29) is 11.8 Å². The second-order valence-electron chi connectivity index (χ2n) is 5.50. The van der Waals surface area contributed by atoms with Crippen LogP contribution in [-0.4, -0.2) is 24.4 Å². The minimum absolute atomic E-state index is 0.0645. The first-order valence-corrected chi connectivity index (χ1v) is 7.50. The third-order valence-corrected chi connectivity index (χ3v) is 3.30. The summed E-state index contributed by atoms with van der Waals surface area (Å²) in [6.07, 6.45) is 3.71. The third kappa shape index (κ3) is 6.40. The second-order valence-corrected chi connectivity index (χ2v) is 5.50. The lowest BCUT2D eigenvalue weighted by Gasteiger charge is -2.07. The van der Waals surface area contributed by atoms with Gasteiger partial charge in [-0.25, -0.2) is 0 Å². The fourth-order valence-corrected chi connectivity index (χ4v) is 2.04. The van der Waals surface area contributed by atoms with Crippen molar-refractivity contribution in [3.05, 3.63) is 29.8 Å². The quantitative estimate of drug-likeness (QED) is 0.639. The minimum Gasteiger partial charge on any atom is -0.353 e. The first-order valence-electron chi connectivity index (χ1n) is 7.50. The summed E-state index contributed by atoms with van der Waals surface area (Å²) in [6, 6.07) is 8.20. The van der Waals surface area contributed by atoms with E-state index in [1.54, 1.807) is 0 Å². The van der Waals surface area contributed by atoms with Crippen LogP contribution in [0.5, 0.6) is 0 Å². The molecule has 1 fully saturated rings. The lowest BCUT2D eigenvalue weighted by Crippen LogP contribution is -2.26. The standard InChI is InChI=1S/C16H23N3O2/c1-12(20)18-14-6-4-13(5-7-14)11-17-10-2-3-16(21)19-15-8-9-15/h4-7,15,17H,2-3,8-11H2,1H3,(H,18,20)(H,19,21). The predicted octanol–water partition coefficient (Wildman–Crippen LogP) is 1.79. The topological polar surface area (TPSA) is 70.2 Å². The number of anilines is 1. The Morgan fingerprint density at radius 2 is 1.90 bits per heavy atom. The van der Waals surface area contributed by atoms with Gasteiger partial charge in [-0.1, -0.05) is 12.1 Å². The Kier molecular flexibility index (Phi) is 5.75. The van der Waals surface area contributed by atoms with Crippen molar-refractivity contribution in [2.75, 3.05) is 11.9 Å². The molecule has 21 heavy (non-hydrogen) atoms. The first kappa shape index (κ1) is 15.5. The van der Waals surface area contributed by atoms with E-state index in [0.717, 1.165) is 43.6 Å². The Hall–Kier alpha value is -1.88. The molecule has 0 radical (unpaired) electrons. The second kappa shape index (κ2) is 7.78. The zero-order valence-corrected chi connectivity index (χ0v) is 12.4. The maximum atomic E-state index is 11.5. The number of rotatable bonds is 8. The molecule has 1 saturated carbocycles. The normalized spacial score (nSPS) is 13.8. The summed E-state index contributed by atoms with van der Waals surface area (Å²) in [5.74, 6) is 0.101. The van der Waals surface area contributed by atoms with Gasteiger partial charge in [0.05, 0.1) is 0 Å². The molecule has 1 aliphatic rings. The van der Waals surface area contributed by atoms with Gasteiger partial charge in [0.15, 0.2) is 0 Å². The van der Waals surface area contributed by atoms with Crippen molar-refractivity contribution in [2.45, 2.75) is 45.2 Å². The van der Waals surface area contributed by atoms with E-state index in [1.807, 2.05) is 24.3 Å². The van der Waals surface area contributed by atoms with Crippen LogP contribution in [0.15, 0.2) is 24.3 Å². The van der Waals surface area contributed by atoms with Crippen LogP contribution < -0.4 is 16.0 Å². The molecule has 0 aliphatic heterocycles. The van der Waals surface area contributed by atoms with Gasteiger partial charge < -0.3 is 16.0 Å². The number of nitrogens with one attached hydrogen (secondary N) is 3. The summed E-state index contributed by atoms with van der Waals surface area (Å²) in [5.41, 5.74) is 1.97. The molecule has 5 nitrogen and oxygen atoms in total. The summed E-state index contributed by atoms with van der Waals surface area (Å²) in [7, 11) is 0. The van der Waals surface area contributed by atoms with Gasteiger partial charge in [0, 0.05) is 31.6 Å². The summed E-state index contributed by atoms with van der Waals surface area (Å²) in [6.45, 7) is 3.09. The first-order chi connectivity index (χ1) is 10.1. The van der Waals surface area contributed by atoms with Crippen LogP contribution >= 0.6 is 0 Å². The predicted molar refractivity (Wildman–Crippen MR) is 82.9 cm³/mol. The average Bonchev–Trinajstić information content (AvgIpc) is 3.23. The van der Waals surface area contributed by atoms with Crippen molar-refractivity contribution in [3.8, 4) is 0 Å². The van der Waals surface area contributed by atoms with Crippen molar-refractivity contribution in [2.24, 2.45) is 0 Å². The molecule has 1 aromatic carbocycles. The van der Waals surface area contributed by atoms with E-state index >= 15 is 0 Å². The molecule has 3 N–H and O–H groups in total. The van der Waals surface area contributed by atoms with Crippen molar-refractivity contribution >= 4 is 17.5 Å². The molecule has 114 valence electrons. The summed E-state index contributed by atoms with van der Waals surface area (Å²) >= 11 is 0. The number of hydrogen-bond acceptors (Lipinski definition) is 3. The molecule has 1 aliphatic carbocycles. The Bertz CT molecular complexity index is 481. The zero-order valence-electron chi connectivity index (χ0n) is 12.4. The van der Waals surface area contributed by atoms with Crippen LogP contribution in [0.1, 0.15) is 38.2 Å². The molecule has 0 heterocycles. The van der Waals surface area contributed by atoms with Crippen molar-refractivity contribution in [1.82, 2.24) is 10.6 Å². The molecule has 2 rings (SSSR count). The number of hydrogen-bond donors (Lipinski definition) is 3. The van der Waals surface area contributed by atoms with Gasteiger partial charge >= 0.3 is 0 Å². The number of carbonyl (C=O) groups is 2. The van der Waals surface area contributed by atoms with Crippen LogP contribution in [0, 0.1) is 0 Å². The molecule has 0 aromatic heterocycles. The Morgan fingerprint density at radius 3 is 2.52 bits per heavy atom. The maximum absolute atomic E-state index is 11.5. The lowest BCUT2D eigenvalue weighted by atomic mass is 10.2. The molecule has 0 spiro atoms. The largest absolute Gasteiger partial charge is 0.353 e. The SMILES string of the molecule is CC(=O)Nc1ccc(CNCCCC(=O)NC2CC2)cc1. The fourth-order valence-electron chi connectivity index (χ4n) is 2.04. The van der Waals surface area contributed by atoms with E-state index in [0.29, 0.717) is 12.5 Å². The van der Waals surface area contributed by atoms with Gasteiger partial charge in [0.25, 0.3) is 0 Å². The van der Waals surface area contributed by atoms with E-state index in [1.165, 1.54) is 6.92 Å². The molecular formula is C16H23N3O2. The Balaban J connectivity index is 1.57. The van der Waals surface area contributed by atoms with Crippen molar-refractivity contribution in [1.29, 1.82) is 0 Å². The van der Waals surface area contributed by atoms with Gasteiger partial charge in [-0.05, 0) is 43.5 Å². The number of carbonyl (C=O) groups excluding carboxylic acids is 2. The van der Waals surface area contributed by atoms with Gasteiger partial charge in [0.2, 0.25) is 11.8 Å². The molecule has 0 unspecified atom stereocenters. The molecule has 0 atom stereocenters. The molecule has 0 saturated heterocycles. The average molecular weight is 289 g/mol.